The van der Waals surface area contributed by atoms with Gasteiger partial charge in [0.25, 0.3) is 0 Å². The first kappa shape index (κ1) is 20.5. The second-order valence-electron chi connectivity index (χ2n) is 4.71. The number of hydrogen-bond acceptors (Lipinski definition) is 4. The SMILES string of the molecule is CCOc1ccc(CNCCN2CCOCC2)cc1.Cl.Cl. The van der Waals surface area contributed by atoms with Crippen LogP contribution in [0.1, 0.15) is 12.5 Å². The number of morpholine rings is 1. The zero-order chi connectivity index (χ0) is 13.3. The van der Waals surface area contributed by atoms with Gasteiger partial charge in [0.2, 0.25) is 0 Å². The second kappa shape index (κ2) is 12.1. The fourth-order valence-electron chi connectivity index (χ4n) is 2.16. The lowest BCUT2D eigenvalue weighted by atomic mass is 10.2. The number of ether oxygens (including phenoxy) is 2. The summed E-state index contributed by atoms with van der Waals surface area (Å²) in [5.74, 6) is 0.944. The molecule has 0 saturated carbocycles. The standard InChI is InChI=1S/C15H24N2O2.2ClH/c1-2-19-15-5-3-14(4-6-15)13-16-7-8-17-9-11-18-12-10-17;;/h3-6,16H,2,7-13H2,1H3;2*1H. The molecule has 0 bridgehead atoms. The molecule has 122 valence electrons. The Morgan fingerprint density at radius 2 is 1.81 bits per heavy atom. The van der Waals surface area contributed by atoms with Crippen LogP contribution in [0.15, 0.2) is 24.3 Å². The molecular weight excluding hydrogens is 311 g/mol. The fourth-order valence-corrected chi connectivity index (χ4v) is 2.16. The Morgan fingerprint density at radius 3 is 2.43 bits per heavy atom. The molecule has 2 rings (SSSR count). The Hall–Kier alpha value is -0.520. The lowest BCUT2D eigenvalue weighted by Gasteiger charge is -2.26. The summed E-state index contributed by atoms with van der Waals surface area (Å²) in [6, 6.07) is 8.30. The Kier molecular flexibility index (Phi) is 11.8. The Morgan fingerprint density at radius 1 is 1.14 bits per heavy atom. The van der Waals surface area contributed by atoms with Crippen molar-refractivity contribution in [3.05, 3.63) is 29.8 Å². The predicted molar refractivity (Wildman–Crippen MR) is 91.1 cm³/mol. The van der Waals surface area contributed by atoms with E-state index >= 15 is 0 Å². The molecular formula is C15H26Cl2N2O2. The highest BCUT2D eigenvalue weighted by Crippen LogP contribution is 2.11. The van der Waals surface area contributed by atoms with Crippen LogP contribution in [0.4, 0.5) is 0 Å². The third kappa shape index (κ3) is 7.88. The van der Waals surface area contributed by atoms with Crippen molar-refractivity contribution in [3.8, 4) is 5.75 Å². The molecule has 1 aliphatic heterocycles. The Bertz CT molecular complexity index is 357. The van der Waals surface area contributed by atoms with E-state index in [1.165, 1.54) is 5.56 Å². The van der Waals surface area contributed by atoms with Crippen molar-refractivity contribution in [2.45, 2.75) is 13.5 Å². The maximum Gasteiger partial charge on any atom is 0.119 e. The molecule has 1 aromatic rings. The van der Waals surface area contributed by atoms with E-state index in [1.807, 2.05) is 19.1 Å². The van der Waals surface area contributed by atoms with Crippen molar-refractivity contribution >= 4 is 24.8 Å². The quantitative estimate of drug-likeness (QED) is 0.775. The smallest absolute Gasteiger partial charge is 0.119 e. The molecule has 0 radical (unpaired) electrons. The maximum atomic E-state index is 5.43. The summed E-state index contributed by atoms with van der Waals surface area (Å²) in [6.45, 7) is 9.62. The molecule has 0 amide bonds. The van der Waals surface area contributed by atoms with Crippen LogP contribution in [-0.4, -0.2) is 50.9 Å². The molecule has 1 heterocycles. The average Bonchev–Trinajstić information content (AvgIpc) is 2.47. The molecule has 0 aliphatic carbocycles. The summed E-state index contributed by atoms with van der Waals surface area (Å²) in [5, 5.41) is 3.48. The highest BCUT2D eigenvalue weighted by molar-refractivity contribution is 5.85. The Labute approximate surface area is 140 Å². The minimum absolute atomic E-state index is 0. The Balaban J connectivity index is 0.00000200. The zero-order valence-corrected chi connectivity index (χ0v) is 14.2. The minimum atomic E-state index is 0. The van der Waals surface area contributed by atoms with Gasteiger partial charge in [-0.2, -0.15) is 0 Å². The number of nitrogens with one attached hydrogen (secondary N) is 1. The highest BCUT2D eigenvalue weighted by Gasteiger charge is 2.08. The number of rotatable bonds is 7. The van der Waals surface area contributed by atoms with E-state index in [4.69, 9.17) is 9.47 Å². The largest absolute Gasteiger partial charge is 0.494 e. The van der Waals surface area contributed by atoms with Crippen molar-refractivity contribution in [1.82, 2.24) is 10.2 Å². The molecule has 21 heavy (non-hydrogen) atoms. The van der Waals surface area contributed by atoms with Crippen molar-refractivity contribution in [3.63, 3.8) is 0 Å². The van der Waals surface area contributed by atoms with E-state index in [9.17, 15) is 0 Å². The molecule has 1 aromatic carbocycles. The van der Waals surface area contributed by atoms with Gasteiger partial charge >= 0.3 is 0 Å². The second-order valence-corrected chi connectivity index (χ2v) is 4.71. The number of halogens is 2. The molecule has 6 heteroatoms. The van der Waals surface area contributed by atoms with Crippen LogP contribution in [0.2, 0.25) is 0 Å². The normalized spacial score (nSPS) is 14.9. The van der Waals surface area contributed by atoms with Crippen molar-refractivity contribution in [2.75, 3.05) is 46.0 Å². The monoisotopic (exact) mass is 336 g/mol. The molecule has 0 spiro atoms. The van der Waals surface area contributed by atoms with Crippen molar-refractivity contribution in [1.29, 1.82) is 0 Å². The predicted octanol–water partition coefficient (Wildman–Crippen LogP) is 2.35. The molecule has 1 N–H and O–H groups in total. The van der Waals surface area contributed by atoms with E-state index in [2.05, 4.69) is 22.3 Å². The van der Waals surface area contributed by atoms with E-state index in [0.29, 0.717) is 0 Å². The molecule has 1 fully saturated rings. The van der Waals surface area contributed by atoms with E-state index in [1.54, 1.807) is 0 Å². The average molecular weight is 337 g/mol. The number of hydrogen-bond donors (Lipinski definition) is 1. The fraction of sp³-hybridized carbons (Fsp3) is 0.600. The van der Waals surface area contributed by atoms with Gasteiger partial charge in [-0.15, -0.1) is 24.8 Å². The van der Waals surface area contributed by atoms with E-state index < -0.39 is 0 Å². The van der Waals surface area contributed by atoms with Crippen LogP contribution in [0.5, 0.6) is 5.75 Å². The first-order chi connectivity index (χ1) is 9.38. The van der Waals surface area contributed by atoms with Gasteiger partial charge in [-0.3, -0.25) is 4.90 Å². The summed E-state index contributed by atoms with van der Waals surface area (Å²) in [7, 11) is 0. The van der Waals surface area contributed by atoms with Crippen molar-refractivity contribution < 1.29 is 9.47 Å². The summed E-state index contributed by atoms with van der Waals surface area (Å²) in [6.07, 6.45) is 0. The summed E-state index contributed by atoms with van der Waals surface area (Å²) < 4.78 is 10.8. The number of benzene rings is 1. The van der Waals surface area contributed by atoms with Crippen molar-refractivity contribution in [2.24, 2.45) is 0 Å². The molecule has 0 aromatic heterocycles. The van der Waals surface area contributed by atoms with E-state index in [0.717, 1.165) is 58.3 Å². The van der Waals surface area contributed by atoms with Gasteiger partial charge in [0.1, 0.15) is 5.75 Å². The molecule has 0 unspecified atom stereocenters. The third-order valence-electron chi connectivity index (χ3n) is 3.27. The number of nitrogens with zero attached hydrogens (tertiary/aromatic N) is 1. The maximum absolute atomic E-state index is 5.43. The van der Waals surface area contributed by atoms with Crippen LogP contribution in [0, 0.1) is 0 Å². The third-order valence-corrected chi connectivity index (χ3v) is 3.27. The van der Waals surface area contributed by atoms with Gasteiger partial charge in [0, 0.05) is 32.7 Å². The van der Waals surface area contributed by atoms with E-state index in [-0.39, 0.29) is 24.8 Å². The van der Waals surface area contributed by atoms with Gasteiger partial charge < -0.3 is 14.8 Å². The van der Waals surface area contributed by atoms with Gasteiger partial charge in [-0.25, -0.2) is 0 Å². The van der Waals surface area contributed by atoms with Crippen LogP contribution in [-0.2, 0) is 11.3 Å². The molecule has 0 atom stereocenters. The molecule has 4 nitrogen and oxygen atoms in total. The summed E-state index contributed by atoms with van der Waals surface area (Å²) in [4.78, 5) is 2.44. The van der Waals surface area contributed by atoms with Crippen LogP contribution >= 0.6 is 24.8 Å². The zero-order valence-electron chi connectivity index (χ0n) is 12.5. The van der Waals surface area contributed by atoms with Gasteiger partial charge in [0.05, 0.1) is 19.8 Å². The van der Waals surface area contributed by atoms with Crippen LogP contribution in [0.3, 0.4) is 0 Å². The first-order valence-corrected chi connectivity index (χ1v) is 7.11. The first-order valence-electron chi connectivity index (χ1n) is 7.11. The lowest BCUT2D eigenvalue weighted by Crippen LogP contribution is -2.40. The van der Waals surface area contributed by atoms with Gasteiger partial charge in [0.15, 0.2) is 0 Å². The minimum Gasteiger partial charge on any atom is -0.494 e. The topological polar surface area (TPSA) is 33.7 Å². The summed E-state index contributed by atoms with van der Waals surface area (Å²) >= 11 is 0. The van der Waals surface area contributed by atoms with Crippen LogP contribution < -0.4 is 10.1 Å². The van der Waals surface area contributed by atoms with Gasteiger partial charge in [-0.1, -0.05) is 12.1 Å². The molecule has 1 saturated heterocycles. The van der Waals surface area contributed by atoms with Gasteiger partial charge in [-0.05, 0) is 24.6 Å². The molecule has 1 aliphatic rings. The lowest BCUT2D eigenvalue weighted by molar-refractivity contribution is 0.0384. The highest BCUT2D eigenvalue weighted by atomic mass is 35.5. The van der Waals surface area contributed by atoms with Crippen LogP contribution in [0.25, 0.3) is 0 Å². The summed E-state index contributed by atoms with van der Waals surface area (Å²) in [5.41, 5.74) is 1.30.